The Morgan fingerprint density at radius 3 is 2.38 bits per heavy atom. The third-order valence-corrected chi connectivity index (χ3v) is 8.46. The van der Waals surface area contributed by atoms with E-state index in [2.05, 4.69) is 4.40 Å². The van der Waals surface area contributed by atoms with Gasteiger partial charge in [0.2, 0.25) is 0 Å². The van der Waals surface area contributed by atoms with Crippen LogP contribution >= 0.6 is 23.5 Å². The van der Waals surface area contributed by atoms with Crippen LogP contribution in [-0.4, -0.2) is 38.0 Å². The van der Waals surface area contributed by atoms with Gasteiger partial charge in [0.25, 0.3) is 15.9 Å². The zero-order chi connectivity index (χ0) is 20.8. The summed E-state index contributed by atoms with van der Waals surface area (Å²) >= 11 is 2.62. The fraction of sp³-hybridized carbons (Fsp3) is 0.200. The van der Waals surface area contributed by atoms with E-state index in [-0.39, 0.29) is 16.0 Å². The second-order valence-corrected chi connectivity index (χ2v) is 10.2. The predicted octanol–water partition coefficient (Wildman–Crippen LogP) is 4.05. The molecule has 0 aliphatic carbocycles. The maximum atomic E-state index is 13.0. The maximum absolute atomic E-state index is 13.0. The summed E-state index contributed by atoms with van der Waals surface area (Å²) in [5, 5.41) is 0.975. The van der Waals surface area contributed by atoms with Gasteiger partial charge in [-0.1, -0.05) is 41.6 Å². The van der Waals surface area contributed by atoms with Gasteiger partial charge in [-0.3, -0.25) is 9.69 Å². The monoisotopic (exact) mass is 445 g/mol. The highest BCUT2D eigenvalue weighted by Crippen LogP contribution is 2.49. The Kier molecular flexibility index (Phi) is 5.22. The first kappa shape index (κ1) is 20.1. The van der Waals surface area contributed by atoms with Crippen LogP contribution in [0, 0.1) is 6.92 Å². The van der Waals surface area contributed by atoms with Gasteiger partial charge in [-0.2, -0.15) is 8.42 Å². The Morgan fingerprint density at radius 1 is 1.03 bits per heavy atom. The molecule has 2 heterocycles. The number of aryl methyl sites for hydroxylation is 1. The number of rotatable bonds is 3. The molecule has 0 spiro atoms. The van der Waals surface area contributed by atoms with Gasteiger partial charge in [-0.25, -0.2) is 0 Å². The highest BCUT2D eigenvalue weighted by molar-refractivity contribution is 8.19. The number of hydrogen-bond donors (Lipinski definition) is 0. The van der Waals surface area contributed by atoms with E-state index >= 15 is 0 Å². The van der Waals surface area contributed by atoms with Crippen LogP contribution in [0.2, 0.25) is 0 Å². The van der Waals surface area contributed by atoms with E-state index < -0.39 is 10.0 Å². The van der Waals surface area contributed by atoms with Crippen LogP contribution in [0.1, 0.15) is 12.5 Å². The molecule has 150 valence electrons. The molecule has 2 aliphatic heterocycles. The molecule has 1 fully saturated rings. The number of thioether (sulfide) groups is 2. The molecule has 0 radical (unpaired) electrons. The first-order chi connectivity index (χ1) is 13.8. The third kappa shape index (κ3) is 3.58. The fourth-order valence-electron chi connectivity index (χ4n) is 3.05. The van der Waals surface area contributed by atoms with Crippen molar-refractivity contribution in [1.82, 2.24) is 4.90 Å². The lowest BCUT2D eigenvalue weighted by Crippen LogP contribution is -2.30. The molecule has 2 aromatic rings. The number of carbonyl (C=O) groups is 1. The number of nitrogens with zero attached hydrogens (tertiary/aromatic N) is 3. The van der Waals surface area contributed by atoms with Gasteiger partial charge >= 0.3 is 0 Å². The lowest BCUT2D eigenvalue weighted by molar-refractivity contribution is -0.122. The summed E-state index contributed by atoms with van der Waals surface area (Å²) in [5.74, 6) is -0.225. The molecule has 2 aliphatic rings. The second kappa shape index (κ2) is 7.55. The van der Waals surface area contributed by atoms with E-state index in [1.807, 2.05) is 43.1 Å². The van der Waals surface area contributed by atoms with Crippen LogP contribution in [0.25, 0.3) is 0 Å². The van der Waals surface area contributed by atoms with Gasteiger partial charge in [0.1, 0.15) is 4.91 Å². The number of sulfonamides is 1. The van der Waals surface area contributed by atoms with Crippen molar-refractivity contribution in [2.45, 2.75) is 23.6 Å². The molecule has 0 atom stereocenters. The second-order valence-electron chi connectivity index (χ2n) is 6.58. The van der Waals surface area contributed by atoms with Crippen LogP contribution in [0.4, 0.5) is 5.69 Å². The van der Waals surface area contributed by atoms with Gasteiger partial charge in [0.15, 0.2) is 5.17 Å². The fourth-order valence-corrected chi connectivity index (χ4v) is 6.64. The SMILES string of the molecule is CCN1C(=O)/C(=C2\Sc3ccccc3N2C)S/C1=N/S(=O)(=O)c1ccc(C)cc1. The number of carbonyl (C=O) groups excluding carboxylic acids is 1. The highest BCUT2D eigenvalue weighted by atomic mass is 32.2. The van der Waals surface area contributed by atoms with E-state index in [1.54, 1.807) is 19.1 Å². The summed E-state index contributed by atoms with van der Waals surface area (Å²) < 4.78 is 29.5. The van der Waals surface area contributed by atoms with Crippen LogP contribution in [-0.2, 0) is 14.8 Å². The summed E-state index contributed by atoms with van der Waals surface area (Å²) in [6.07, 6.45) is 0. The normalized spacial score (nSPS) is 20.7. The molecular formula is C20H19N3O3S3. The van der Waals surface area contributed by atoms with Crippen LogP contribution in [0.5, 0.6) is 0 Å². The minimum Gasteiger partial charge on any atom is -0.337 e. The van der Waals surface area contributed by atoms with Gasteiger partial charge in [-0.05, 0) is 49.9 Å². The van der Waals surface area contributed by atoms with E-state index in [4.69, 9.17) is 0 Å². The minimum atomic E-state index is -3.91. The van der Waals surface area contributed by atoms with Gasteiger partial charge in [-0.15, -0.1) is 4.40 Å². The minimum absolute atomic E-state index is 0.112. The van der Waals surface area contributed by atoms with E-state index in [1.165, 1.54) is 28.8 Å². The molecule has 29 heavy (non-hydrogen) atoms. The molecule has 4 rings (SSSR count). The van der Waals surface area contributed by atoms with Crippen molar-refractivity contribution in [3.05, 3.63) is 64.0 Å². The number of fused-ring (bicyclic) bond motifs is 1. The molecule has 2 aromatic carbocycles. The van der Waals surface area contributed by atoms with Crippen molar-refractivity contribution >= 4 is 50.3 Å². The standard InChI is InChI=1S/C20H19N3O3S3/c1-4-23-18(24)17(19-22(3)15-7-5-6-8-16(15)27-19)28-20(23)21-29(25,26)14-11-9-13(2)10-12-14/h5-12H,4H2,1-3H3/b19-17+,21-20+. The summed E-state index contributed by atoms with van der Waals surface area (Å²) in [5.41, 5.74) is 1.99. The molecule has 1 saturated heterocycles. The van der Waals surface area contributed by atoms with Crippen molar-refractivity contribution < 1.29 is 13.2 Å². The summed E-state index contributed by atoms with van der Waals surface area (Å²) in [7, 11) is -2.00. The molecule has 0 saturated carbocycles. The topological polar surface area (TPSA) is 70.1 Å². The summed E-state index contributed by atoms with van der Waals surface area (Å²) in [6, 6.07) is 14.4. The maximum Gasteiger partial charge on any atom is 0.284 e. The van der Waals surface area contributed by atoms with Crippen molar-refractivity contribution in [2.75, 3.05) is 18.5 Å². The van der Waals surface area contributed by atoms with Crippen molar-refractivity contribution in [1.29, 1.82) is 0 Å². The summed E-state index contributed by atoms with van der Waals surface area (Å²) in [4.78, 5) is 18.1. The number of hydrogen-bond acceptors (Lipinski definition) is 6. The predicted molar refractivity (Wildman–Crippen MR) is 119 cm³/mol. The first-order valence-corrected chi connectivity index (χ1v) is 12.1. The quantitative estimate of drug-likeness (QED) is 0.664. The van der Waals surface area contributed by atoms with Gasteiger partial charge in [0.05, 0.1) is 15.6 Å². The molecule has 9 heteroatoms. The number of anilines is 1. The van der Waals surface area contributed by atoms with Crippen molar-refractivity contribution in [2.24, 2.45) is 4.40 Å². The molecule has 6 nitrogen and oxygen atoms in total. The molecule has 0 bridgehead atoms. The lowest BCUT2D eigenvalue weighted by Gasteiger charge is -2.15. The van der Waals surface area contributed by atoms with E-state index in [0.29, 0.717) is 11.4 Å². The van der Waals surface area contributed by atoms with Crippen LogP contribution < -0.4 is 4.90 Å². The van der Waals surface area contributed by atoms with Crippen molar-refractivity contribution in [3.8, 4) is 0 Å². The molecule has 0 aromatic heterocycles. The van der Waals surface area contributed by atoms with E-state index in [9.17, 15) is 13.2 Å². The smallest absolute Gasteiger partial charge is 0.284 e. The first-order valence-electron chi connectivity index (χ1n) is 8.98. The number of benzene rings is 2. The zero-order valence-corrected chi connectivity index (χ0v) is 18.6. The molecular weight excluding hydrogens is 426 g/mol. The highest BCUT2D eigenvalue weighted by Gasteiger charge is 2.39. The number of amidine groups is 1. The third-order valence-electron chi connectivity index (χ3n) is 4.63. The van der Waals surface area contributed by atoms with Crippen LogP contribution in [0.3, 0.4) is 0 Å². The Balaban J connectivity index is 1.73. The Morgan fingerprint density at radius 2 is 1.72 bits per heavy atom. The zero-order valence-electron chi connectivity index (χ0n) is 16.1. The Labute approximate surface area is 178 Å². The average molecular weight is 446 g/mol. The van der Waals surface area contributed by atoms with Crippen LogP contribution in [0.15, 0.2) is 72.7 Å². The Hall–Kier alpha value is -2.23. The largest absolute Gasteiger partial charge is 0.337 e. The Bertz CT molecular complexity index is 1150. The molecule has 0 N–H and O–H groups in total. The number of amides is 1. The number of para-hydroxylation sites is 1. The average Bonchev–Trinajstić information content (AvgIpc) is 3.18. The summed E-state index contributed by atoms with van der Waals surface area (Å²) in [6.45, 7) is 4.03. The van der Waals surface area contributed by atoms with Crippen molar-refractivity contribution in [3.63, 3.8) is 0 Å². The number of likely N-dealkylation sites (N-methyl/N-ethyl adjacent to an activating group) is 1. The lowest BCUT2D eigenvalue weighted by atomic mass is 10.2. The van der Waals surface area contributed by atoms with Gasteiger partial charge < -0.3 is 4.90 Å². The van der Waals surface area contributed by atoms with E-state index in [0.717, 1.165) is 32.9 Å². The molecule has 1 amide bonds. The van der Waals surface area contributed by atoms with Gasteiger partial charge in [0, 0.05) is 18.5 Å². The molecule has 0 unspecified atom stereocenters.